The van der Waals surface area contributed by atoms with Crippen LogP contribution in [0.2, 0.25) is 0 Å². The number of methoxy groups -OCH3 is 2. The van der Waals surface area contributed by atoms with Crippen molar-refractivity contribution < 1.29 is 14.3 Å². The number of amides is 1. The van der Waals surface area contributed by atoms with Crippen LogP contribution in [0.15, 0.2) is 77.4 Å². The van der Waals surface area contributed by atoms with Crippen molar-refractivity contribution in [1.82, 2.24) is 4.98 Å². The van der Waals surface area contributed by atoms with E-state index in [1.165, 1.54) is 11.3 Å². The first-order valence-corrected chi connectivity index (χ1v) is 11.8. The number of hydrogen-bond donors (Lipinski definition) is 0. The molecule has 0 unspecified atom stereocenters. The Morgan fingerprint density at radius 2 is 1.60 bits per heavy atom. The number of rotatable bonds is 6. The summed E-state index contributed by atoms with van der Waals surface area (Å²) < 4.78 is 11.8. The molecule has 1 aromatic heterocycles. The van der Waals surface area contributed by atoms with Crippen LogP contribution in [-0.2, 0) is 4.79 Å². The van der Waals surface area contributed by atoms with Crippen molar-refractivity contribution in [3.8, 4) is 11.5 Å². The molecule has 3 aromatic carbocycles. The van der Waals surface area contributed by atoms with Gasteiger partial charge in [0.25, 0.3) is 5.91 Å². The summed E-state index contributed by atoms with van der Waals surface area (Å²) in [4.78, 5) is 26.8. The molecule has 0 aliphatic carbocycles. The minimum atomic E-state index is -0.238. The molecule has 1 aliphatic heterocycles. The first kappa shape index (κ1) is 22.6. The van der Waals surface area contributed by atoms with Gasteiger partial charge in [0, 0.05) is 25.3 Å². The predicted molar refractivity (Wildman–Crippen MR) is 142 cm³/mol. The summed E-state index contributed by atoms with van der Waals surface area (Å²) in [6.07, 6.45) is 1.80. The average molecular weight is 485 g/mol. The fourth-order valence-corrected chi connectivity index (χ4v) is 4.95. The summed E-state index contributed by atoms with van der Waals surface area (Å²) in [6, 6.07) is 21.3. The van der Waals surface area contributed by atoms with Gasteiger partial charge in [-0.1, -0.05) is 53.8 Å². The standard InChI is InChI=1S/C27H24N4O3S/c1-30(2)19-12-10-17(11-13-19)16-20-26(32)31(25(28-20)18-8-6-5-7-9-18)27-29-23-21(33-3)14-15-22(34-4)24(23)35-27/h5-16H,1-4H3/b20-16+. The lowest BCUT2D eigenvalue weighted by Crippen LogP contribution is -2.32. The van der Waals surface area contributed by atoms with Gasteiger partial charge in [-0.25, -0.2) is 14.9 Å². The predicted octanol–water partition coefficient (Wildman–Crippen LogP) is 5.21. The van der Waals surface area contributed by atoms with E-state index in [4.69, 9.17) is 19.5 Å². The number of carbonyl (C=O) groups is 1. The van der Waals surface area contributed by atoms with Crippen LogP contribution in [0.1, 0.15) is 11.1 Å². The van der Waals surface area contributed by atoms with Gasteiger partial charge in [-0.15, -0.1) is 0 Å². The third-order valence-corrected chi connectivity index (χ3v) is 6.75. The molecule has 0 N–H and O–H groups in total. The molecule has 7 nitrogen and oxygen atoms in total. The second-order valence-corrected chi connectivity index (χ2v) is 9.08. The molecular formula is C27H24N4O3S. The lowest BCUT2D eigenvalue weighted by atomic mass is 10.1. The van der Waals surface area contributed by atoms with Crippen LogP contribution in [0.4, 0.5) is 10.8 Å². The molecule has 1 amide bonds. The van der Waals surface area contributed by atoms with Gasteiger partial charge in [0.1, 0.15) is 33.2 Å². The summed E-state index contributed by atoms with van der Waals surface area (Å²) in [7, 11) is 7.19. The number of thiazole rings is 1. The van der Waals surface area contributed by atoms with Crippen LogP contribution in [0.3, 0.4) is 0 Å². The van der Waals surface area contributed by atoms with E-state index < -0.39 is 0 Å². The zero-order valence-electron chi connectivity index (χ0n) is 19.9. The van der Waals surface area contributed by atoms with Crippen LogP contribution in [-0.4, -0.2) is 45.0 Å². The minimum Gasteiger partial charge on any atom is -0.495 e. The number of fused-ring (bicyclic) bond motifs is 1. The summed E-state index contributed by atoms with van der Waals surface area (Å²) >= 11 is 1.37. The van der Waals surface area contributed by atoms with Gasteiger partial charge in [-0.05, 0) is 35.9 Å². The first-order chi connectivity index (χ1) is 17.0. The van der Waals surface area contributed by atoms with Crippen molar-refractivity contribution in [3.63, 3.8) is 0 Å². The van der Waals surface area contributed by atoms with Crippen LogP contribution in [0.25, 0.3) is 16.3 Å². The molecule has 0 atom stereocenters. The second-order valence-electron chi connectivity index (χ2n) is 8.10. The van der Waals surface area contributed by atoms with Crippen LogP contribution < -0.4 is 19.3 Å². The maximum absolute atomic E-state index is 13.7. The van der Waals surface area contributed by atoms with Crippen molar-refractivity contribution >= 4 is 50.2 Å². The summed E-state index contributed by atoms with van der Waals surface area (Å²) in [5.74, 6) is 1.58. The number of ether oxygens (including phenoxy) is 2. The van der Waals surface area contributed by atoms with Crippen molar-refractivity contribution in [3.05, 3.63) is 83.6 Å². The molecule has 4 aromatic rings. The van der Waals surface area contributed by atoms with Crippen molar-refractivity contribution in [1.29, 1.82) is 0 Å². The van der Waals surface area contributed by atoms with Gasteiger partial charge in [0.2, 0.25) is 0 Å². The highest BCUT2D eigenvalue weighted by atomic mass is 32.1. The molecule has 0 saturated carbocycles. The normalized spacial score (nSPS) is 14.5. The first-order valence-electron chi connectivity index (χ1n) is 11.0. The Hall–Kier alpha value is -4.17. The summed E-state index contributed by atoms with van der Waals surface area (Å²) in [5.41, 5.74) is 3.79. The maximum atomic E-state index is 13.7. The number of anilines is 2. The Balaban J connectivity index is 1.62. The average Bonchev–Trinajstić information content (AvgIpc) is 3.46. The molecular weight excluding hydrogens is 460 g/mol. The monoisotopic (exact) mass is 484 g/mol. The Morgan fingerprint density at radius 1 is 0.914 bits per heavy atom. The van der Waals surface area contributed by atoms with E-state index in [0.717, 1.165) is 21.5 Å². The zero-order chi connectivity index (χ0) is 24.5. The lowest BCUT2D eigenvalue weighted by Gasteiger charge is -2.14. The number of benzene rings is 3. The highest BCUT2D eigenvalue weighted by Gasteiger charge is 2.35. The number of nitrogens with zero attached hydrogens (tertiary/aromatic N) is 4. The van der Waals surface area contributed by atoms with Crippen molar-refractivity contribution in [2.24, 2.45) is 4.99 Å². The molecule has 0 spiro atoms. The van der Waals surface area contributed by atoms with E-state index in [9.17, 15) is 4.79 Å². The van der Waals surface area contributed by atoms with Crippen molar-refractivity contribution in [2.75, 3.05) is 38.1 Å². The van der Waals surface area contributed by atoms with E-state index in [0.29, 0.717) is 33.7 Å². The van der Waals surface area contributed by atoms with E-state index in [1.807, 2.05) is 85.7 Å². The smallest absolute Gasteiger partial charge is 0.284 e. The third-order valence-electron chi connectivity index (χ3n) is 5.70. The molecule has 0 radical (unpaired) electrons. The number of hydrogen-bond acceptors (Lipinski definition) is 7. The summed E-state index contributed by atoms with van der Waals surface area (Å²) in [5, 5.41) is 0.502. The van der Waals surface area contributed by atoms with Gasteiger partial charge in [0.05, 0.1) is 14.2 Å². The third kappa shape index (κ3) is 4.13. The molecule has 0 bridgehead atoms. The minimum absolute atomic E-state index is 0.238. The fraction of sp³-hybridized carbons (Fsp3) is 0.148. The summed E-state index contributed by atoms with van der Waals surface area (Å²) in [6.45, 7) is 0. The molecule has 0 saturated heterocycles. The van der Waals surface area contributed by atoms with E-state index in [-0.39, 0.29) is 5.91 Å². The molecule has 1 aliphatic rings. The number of aromatic nitrogens is 1. The van der Waals surface area contributed by atoms with Crippen LogP contribution >= 0.6 is 11.3 Å². The van der Waals surface area contributed by atoms with Gasteiger partial charge in [0.15, 0.2) is 5.13 Å². The van der Waals surface area contributed by atoms with Gasteiger partial charge < -0.3 is 14.4 Å². The Bertz CT molecular complexity index is 1420. The van der Waals surface area contributed by atoms with E-state index >= 15 is 0 Å². The Labute approximate surface area is 207 Å². The maximum Gasteiger partial charge on any atom is 0.284 e. The van der Waals surface area contributed by atoms with Gasteiger partial charge >= 0.3 is 0 Å². The molecule has 2 heterocycles. The van der Waals surface area contributed by atoms with Gasteiger partial charge in [-0.3, -0.25) is 4.79 Å². The van der Waals surface area contributed by atoms with Crippen LogP contribution in [0, 0.1) is 0 Å². The Morgan fingerprint density at radius 3 is 2.26 bits per heavy atom. The molecule has 8 heteroatoms. The molecule has 0 fully saturated rings. The van der Waals surface area contributed by atoms with Gasteiger partial charge in [-0.2, -0.15) is 0 Å². The molecule has 176 valence electrons. The number of aliphatic imine (C=N–C) groups is 1. The highest BCUT2D eigenvalue weighted by molar-refractivity contribution is 7.23. The van der Waals surface area contributed by atoms with E-state index in [1.54, 1.807) is 25.2 Å². The molecule has 5 rings (SSSR count). The number of amidine groups is 1. The quantitative estimate of drug-likeness (QED) is 0.351. The van der Waals surface area contributed by atoms with Crippen molar-refractivity contribution in [2.45, 2.75) is 0 Å². The fourth-order valence-electron chi connectivity index (χ4n) is 3.87. The second kappa shape index (κ2) is 9.23. The highest BCUT2D eigenvalue weighted by Crippen LogP contribution is 2.41. The topological polar surface area (TPSA) is 67.3 Å². The zero-order valence-corrected chi connectivity index (χ0v) is 20.7. The van der Waals surface area contributed by atoms with Crippen LogP contribution in [0.5, 0.6) is 11.5 Å². The largest absolute Gasteiger partial charge is 0.495 e. The lowest BCUT2D eigenvalue weighted by molar-refractivity contribution is -0.113. The SMILES string of the molecule is COc1ccc(OC)c2sc(N3C(=O)/C(=C\c4ccc(N(C)C)cc4)N=C3c3ccccc3)nc12. The van der Waals surface area contributed by atoms with E-state index in [2.05, 4.69) is 0 Å². The molecule has 35 heavy (non-hydrogen) atoms. The number of carbonyl (C=O) groups excluding carboxylic acids is 1. The Kier molecular flexibility index (Phi) is 5.96.